The topological polar surface area (TPSA) is 41.6 Å². The number of fused-ring (bicyclic) bond motifs is 12. The Kier molecular flexibility index (Phi) is 20.3. The number of para-hydroxylation sites is 4. The van der Waals surface area contributed by atoms with Gasteiger partial charge in [0, 0.05) is 71.0 Å². The molecule has 20 aromatic carbocycles. The van der Waals surface area contributed by atoms with Crippen LogP contribution in [0.2, 0.25) is 0 Å². The minimum absolute atomic E-state index is 0.293. The van der Waals surface area contributed by atoms with Crippen LogP contribution in [0, 0.1) is 0 Å². The molecule has 0 bridgehead atoms. The average molecular weight is 1690 g/mol. The highest BCUT2D eigenvalue weighted by Gasteiger charge is 2.49. The van der Waals surface area contributed by atoms with E-state index in [1.165, 1.54) is 111 Å². The smallest absolute Gasteiger partial charge is 0.143 e. The molecule has 1 N–H and O–H groups in total. The van der Waals surface area contributed by atoms with Gasteiger partial charge in [-0.15, -0.1) is 0 Å². The molecule has 0 saturated carbocycles. The van der Waals surface area contributed by atoms with Crippen molar-refractivity contribution in [2.75, 3.05) is 10.2 Å². The van der Waals surface area contributed by atoms with Gasteiger partial charge in [0.2, 0.25) is 0 Å². The Hall–Kier alpha value is -15.9. The second-order valence-electron chi connectivity index (χ2n) is 32.6. The average Bonchev–Trinajstić information content (AvgIpc) is 1.55. The van der Waals surface area contributed by atoms with E-state index in [4.69, 9.17) is 8.83 Å². The molecule has 4 nitrogen and oxygen atoms in total. The van der Waals surface area contributed by atoms with Crippen molar-refractivity contribution in [3.05, 3.63) is 546 Å². The molecule has 127 heavy (non-hydrogen) atoms. The summed E-state index contributed by atoms with van der Waals surface area (Å²) < 4.78 is 13.9. The fourth-order valence-electron chi connectivity index (χ4n) is 19.7. The molecule has 0 spiro atoms. The molecule has 0 amide bonds. The van der Waals surface area contributed by atoms with E-state index in [0.717, 1.165) is 99.0 Å². The van der Waals surface area contributed by atoms with Gasteiger partial charge in [-0.25, -0.2) is 0 Å². The molecule has 24 rings (SSSR count). The van der Waals surface area contributed by atoms with E-state index in [-0.39, 0.29) is 5.41 Å². The van der Waals surface area contributed by atoms with Crippen LogP contribution < -0.4 is 10.2 Å². The molecular weight excluding hydrogens is 1610 g/mol. The van der Waals surface area contributed by atoms with E-state index >= 15 is 0 Å². The number of nitrogens with zero attached hydrogens (tertiary/aromatic N) is 1. The number of hydrogen-bond acceptors (Lipinski definition) is 4. The van der Waals surface area contributed by atoms with Crippen molar-refractivity contribution in [1.29, 1.82) is 0 Å². The first-order chi connectivity index (χ1) is 62.9. The summed E-state index contributed by atoms with van der Waals surface area (Å²) in [5.41, 5.74) is 37.7. The lowest BCUT2D eigenvalue weighted by atomic mass is 9.68. The Balaban J connectivity index is 0.000000125. The van der Waals surface area contributed by atoms with Gasteiger partial charge in [-0.1, -0.05) is 441 Å². The maximum absolute atomic E-state index is 6.50. The second-order valence-corrected chi connectivity index (χ2v) is 33.4. The Bertz CT molecular complexity index is 7630. The summed E-state index contributed by atoms with van der Waals surface area (Å²) in [5.74, 6) is 0. The third-order valence-electron chi connectivity index (χ3n) is 25.5. The van der Waals surface area contributed by atoms with Gasteiger partial charge in [0.1, 0.15) is 22.3 Å². The molecule has 22 aromatic rings. The largest absolute Gasteiger partial charge is 0.455 e. The van der Waals surface area contributed by atoms with E-state index in [9.17, 15) is 0 Å². The van der Waals surface area contributed by atoms with Crippen LogP contribution in [0.1, 0.15) is 44.5 Å². The van der Waals surface area contributed by atoms with Crippen molar-refractivity contribution in [1.82, 2.24) is 0 Å². The second kappa shape index (κ2) is 33.4. The molecule has 2 aromatic heterocycles. The molecule has 0 unspecified atom stereocenters. The lowest BCUT2D eigenvalue weighted by Crippen LogP contribution is -2.28. The van der Waals surface area contributed by atoms with Gasteiger partial charge in [0.25, 0.3) is 0 Å². The molecule has 2 aliphatic rings. The number of anilines is 5. The molecule has 600 valence electrons. The van der Waals surface area contributed by atoms with Gasteiger partial charge in [0.05, 0.1) is 16.5 Å². The lowest BCUT2D eigenvalue weighted by molar-refractivity contribution is 0.669. The molecule has 0 atom stereocenters. The van der Waals surface area contributed by atoms with Crippen molar-refractivity contribution in [2.45, 2.75) is 10.8 Å². The Labute approximate surface area is 748 Å². The van der Waals surface area contributed by atoms with Gasteiger partial charge in [-0.05, 0) is 184 Å². The third kappa shape index (κ3) is 13.9. The van der Waals surface area contributed by atoms with Gasteiger partial charge in [0.15, 0.2) is 0 Å². The Morgan fingerprint density at radius 2 is 0.480 bits per heavy atom. The van der Waals surface area contributed by atoms with Gasteiger partial charge in [-0.2, -0.15) is 0 Å². The first-order valence-electron chi connectivity index (χ1n) is 43.4. The zero-order chi connectivity index (χ0) is 84.6. The Morgan fingerprint density at radius 1 is 0.205 bits per heavy atom. The van der Waals surface area contributed by atoms with Crippen LogP contribution >= 0.6 is 15.9 Å². The number of rotatable bonds is 15. The number of furan rings is 2. The summed E-state index contributed by atoms with van der Waals surface area (Å²) in [5, 5.41) is 8.09. The summed E-state index contributed by atoms with van der Waals surface area (Å²) in [7, 11) is 0. The lowest BCUT2D eigenvalue weighted by Gasteiger charge is -2.34. The summed E-state index contributed by atoms with van der Waals surface area (Å²) in [6, 6.07) is 178. The number of nitrogens with one attached hydrogen (secondary N) is 1. The molecule has 0 radical (unpaired) electrons. The summed E-state index contributed by atoms with van der Waals surface area (Å²) in [6.45, 7) is 0. The van der Waals surface area contributed by atoms with Crippen molar-refractivity contribution in [3.8, 4) is 89.0 Å². The van der Waals surface area contributed by atoms with Crippen LogP contribution in [0.25, 0.3) is 133 Å². The quantitative estimate of drug-likeness (QED) is 0.111. The number of hydrogen-bond donors (Lipinski definition) is 1. The maximum Gasteiger partial charge on any atom is 0.143 e. The predicted molar refractivity (Wildman–Crippen MR) is 533 cm³/mol. The highest BCUT2D eigenvalue weighted by atomic mass is 79.9. The molecular formula is C122H83BrN2O2. The zero-order valence-electron chi connectivity index (χ0n) is 69.5. The van der Waals surface area contributed by atoms with Crippen LogP contribution in [0.5, 0.6) is 0 Å². The van der Waals surface area contributed by atoms with E-state index in [1.807, 2.05) is 30.3 Å². The molecule has 2 heterocycles. The summed E-state index contributed by atoms with van der Waals surface area (Å²) in [4.78, 5) is 2.44. The maximum atomic E-state index is 6.50. The van der Waals surface area contributed by atoms with Crippen LogP contribution in [0.3, 0.4) is 0 Å². The van der Waals surface area contributed by atoms with Crippen molar-refractivity contribution in [2.24, 2.45) is 0 Å². The van der Waals surface area contributed by atoms with Gasteiger partial charge >= 0.3 is 0 Å². The highest BCUT2D eigenvalue weighted by Crippen LogP contribution is 2.61. The molecule has 2 aliphatic carbocycles. The third-order valence-corrected chi connectivity index (χ3v) is 26.2. The van der Waals surface area contributed by atoms with Crippen molar-refractivity contribution < 1.29 is 8.83 Å². The predicted octanol–water partition coefficient (Wildman–Crippen LogP) is 33.6. The Morgan fingerprint density at radius 3 is 0.890 bits per heavy atom. The van der Waals surface area contributed by atoms with E-state index in [2.05, 4.69) is 493 Å². The minimum atomic E-state index is -0.513. The summed E-state index contributed by atoms with van der Waals surface area (Å²) in [6.07, 6.45) is 0. The molecule has 0 aliphatic heterocycles. The fraction of sp³-hybridized carbons (Fsp3) is 0.0164. The van der Waals surface area contributed by atoms with Crippen LogP contribution in [-0.2, 0) is 10.8 Å². The van der Waals surface area contributed by atoms with Crippen molar-refractivity contribution >= 4 is 88.2 Å². The fourth-order valence-corrected chi connectivity index (χ4v) is 20.3. The number of halogens is 1. The minimum Gasteiger partial charge on any atom is -0.455 e. The van der Waals surface area contributed by atoms with Gasteiger partial charge in [-0.3, -0.25) is 0 Å². The normalized spacial score (nSPS) is 12.4. The van der Waals surface area contributed by atoms with E-state index < -0.39 is 5.41 Å². The SMILES string of the molecule is Brc1cccc2c1-c1ccccc1C2(c1ccccc1)c1ccccc1.c1ccc(-c2ccc(-c3ccc(N(c4ccc(-c5cccc6c5oc5ccccc56)cc4)c4cccc5c4-c4ccccc4C5(c4ccccc4)c4ccccc4)cc3)cc2)cc1.c1ccc(-c2ccc(-c3ccc(Nc4ccc(-c5cccc6c5oc5ccccc56)cc4)cc3)cc2)cc1. The van der Waals surface area contributed by atoms with Crippen LogP contribution in [-0.4, -0.2) is 0 Å². The first-order valence-corrected chi connectivity index (χ1v) is 44.1. The molecule has 0 fully saturated rings. The molecule has 0 saturated heterocycles. The van der Waals surface area contributed by atoms with Crippen molar-refractivity contribution in [3.63, 3.8) is 0 Å². The van der Waals surface area contributed by atoms with Crippen LogP contribution in [0.15, 0.2) is 511 Å². The molecule has 5 heteroatoms. The monoisotopic (exact) mass is 1690 g/mol. The van der Waals surface area contributed by atoms with E-state index in [1.54, 1.807) is 0 Å². The first kappa shape index (κ1) is 77.2. The highest BCUT2D eigenvalue weighted by molar-refractivity contribution is 9.10. The van der Waals surface area contributed by atoms with E-state index in [0.29, 0.717) is 0 Å². The number of benzene rings is 20. The summed E-state index contributed by atoms with van der Waals surface area (Å²) >= 11 is 3.81. The van der Waals surface area contributed by atoms with Crippen LogP contribution in [0.4, 0.5) is 28.4 Å². The standard InChI is InChI=1S/C61H41NO.C36H25NO.C25H17Br/c1-4-16-42(17-5-1)43-30-32-44(33-31-43)45-34-38-49(39-35-45)62(50-40-36-46(37-41-50)51-24-14-25-53-52-22-11-13-29-58(52)63-60(51)53)57-28-15-27-56-59(57)54-23-10-12-26-55(54)61(56,47-18-6-2-7-19-47)48-20-8-3-9-21-48;1-2-7-25(8-3-1)26-13-15-27(16-14-26)28-17-21-30(22-18-28)37-31-23-19-29(20-24-31)32-10-6-11-34-33-9-4-5-12-35(33)38-36(32)34;26-23-17-9-16-22-24(23)20-14-7-8-15-21(20)25(22,18-10-3-1-4-11-18)19-12-5-2-6-13-19/h1-41H;1-24,37H;1-17H. The van der Waals surface area contributed by atoms with Gasteiger partial charge < -0.3 is 19.1 Å². The zero-order valence-corrected chi connectivity index (χ0v) is 71.1.